The first-order valence-corrected chi connectivity index (χ1v) is 8.62. The van der Waals surface area contributed by atoms with Gasteiger partial charge in [0.1, 0.15) is 0 Å². The van der Waals surface area contributed by atoms with Crippen molar-refractivity contribution in [2.24, 2.45) is 0 Å². The number of rotatable bonds is 1. The summed E-state index contributed by atoms with van der Waals surface area (Å²) in [6.07, 6.45) is 0.0509. The van der Waals surface area contributed by atoms with E-state index in [1.807, 2.05) is 25.1 Å². The van der Waals surface area contributed by atoms with E-state index in [-0.39, 0.29) is 24.4 Å². The fraction of sp³-hybridized carbons (Fsp3) is 0.250. The average molecular weight is 359 g/mol. The van der Waals surface area contributed by atoms with Gasteiger partial charge in [0.15, 0.2) is 0 Å². The lowest BCUT2D eigenvalue weighted by Crippen LogP contribution is -2.12. The summed E-state index contributed by atoms with van der Waals surface area (Å²) in [5, 5.41) is 4.71. The lowest BCUT2D eigenvalue weighted by molar-refractivity contribution is -0.0137. The predicted octanol–water partition coefficient (Wildman–Crippen LogP) is 6.24. The summed E-state index contributed by atoms with van der Waals surface area (Å²) in [6, 6.07) is 13.9. The van der Waals surface area contributed by atoms with Gasteiger partial charge in [-0.15, -0.1) is 0 Å². The van der Waals surface area contributed by atoms with E-state index in [1.165, 1.54) is 6.07 Å². The highest BCUT2D eigenvalue weighted by atomic mass is 35.5. The number of aromatic nitrogens is 1. The highest BCUT2D eigenvalue weighted by molar-refractivity contribution is 6.35. The van der Waals surface area contributed by atoms with E-state index in [0.29, 0.717) is 16.4 Å². The second kappa shape index (κ2) is 5.95. The number of halogens is 3. The van der Waals surface area contributed by atoms with Gasteiger partial charge in [0.2, 0.25) is 0 Å². The van der Waals surface area contributed by atoms with Crippen LogP contribution in [0.5, 0.6) is 0 Å². The molecule has 5 heteroatoms. The van der Waals surface area contributed by atoms with Crippen molar-refractivity contribution in [1.82, 2.24) is 4.98 Å². The van der Waals surface area contributed by atoms with Crippen LogP contribution >= 0.6 is 11.6 Å². The van der Waals surface area contributed by atoms with E-state index in [4.69, 9.17) is 11.6 Å². The SMILES string of the molecule is Cc1ccc2nc(C3CCC(F)(F)c4ccccc4N3)cc(Cl)c2c1. The van der Waals surface area contributed by atoms with Crippen molar-refractivity contribution in [3.63, 3.8) is 0 Å². The average Bonchev–Trinajstić information content (AvgIpc) is 2.72. The predicted molar refractivity (Wildman–Crippen MR) is 97.4 cm³/mol. The highest BCUT2D eigenvalue weighted by Gasteiger charge is 2.37. The molecular formula is C20H17ClF2N2. The number of benzene rings is 2. The summed E-state index contributed by atoms with van der Waals surface area (Å²) < 4.78 is 28.9. The topological polar surface area (TPSA) is 24.9 Å². The molecule has 1 N–H and O–H groups in total. The summed E-state index contributed by atoms with van der Waals surface area (Å²) >= 11 is 6.43. The van der Waals surface area contributed by atoms with Gasteiger partial charge in [0.05, 0.1) is 22.3 Å². The molecule has 0 amide bonds. The number of pyridine rings is 1. The monoisotopic (exact) mass is 358 g/mol. The third-order valence-corrected chi connectivity index (χ3v) is 5.00. The Labute approximate surface area is 149 Å². The van der Waals surface area contributed by atoms with E-state index in [0.717, 1.165) is 16.5 Å². The van der Waals surface area contributed by atoms with E-state index in [9.17, 15) is 8.78 Å². The first-order chi connectivity index (χ1) is 11.9. The molecule has 0 saturated heterocycles. The summed E-state index contributed by atoms with van der Waals surface area (Å²) in [5.74, 6) is -2.85. The Balaban J connectivity index is 1.78. The number of anilines is 1. The minimum atomic E-state index is -2.85. The van der Waals surface area contributed by atoms with Crippen LogP contribution in [0.2, 0.25) is 5.02 Å². The molecule has 2 heterocycles. The molecular weight excluding hydrogens is 342 g/mol. The minimum absolute atomic E-state index is 0.0417. The fourth-order valence-corrected chi connectivity index (χ4v) is 3.63. The van der Waals surface area contributed by atoms with E-state index >= 15 is 0 Å². The molecule has 25 heavy (non-hydrogen) atoms. The Morgan fingerprint density at radius 2 is 1.96 bits per heavy atom. The van der Waals surface area contributed by atoms with E-state index < -0.39 is 5.92 Å². The van der Waals surface area contributed by atoms with Crippen molar-refractivity contribution in [1.29, 1.82) is 0 Å². The molecule has 0 fully saturated rings. The molecule has 1 atom stereocenters. The van der Waals surface area contributed by atoms with Crippen LogP contribution in [0.1, 0.15) is 35.7 Å². The van der Waals surface area contributed by atoms with E-state index in [1.54, 1.807) is 24.3 Å². The molecule has 0 radical (unpaired) electrons. The van der Waals surface area contributed by atoms with Crippen molar-refractivity contribution in [3.8, 4) is 0 Å². The van der Waals surface area contributed by atoms with Gasteiger partial charge in [-0.1, -0.05) is 41.4 Å². The number of hydrogen-bond donors (Lipinski definition) is 1. The summed E-state index contributed by atoms with van der Waals surface area (Å²) in [7, 11) is 0. The molecule has 1 aliphatic heterocycles. The summed E-state index contributed by atoms with van der Waals surface area (Å²) in [5.41, 5.74) is 3.06. The van der Waals surface area contributed by atoms with Crippen LogP contribution < -0.4 is 5.32 Å². The van der Waals surface area contributed by atoms with Crippen LogP contribution in [0.15, 0.2) is 48.5 Å². The normalized spacial score (nSPS) is 19.1. The number of aryl methyl sites for hydroxylation is 1. The Kier molecular flexibility index (Phi) is 3.88. The zero-order valence-corrected chi connectivity index (χ0v) is 14.4. The first kappa shape index (κ1) is 16.3. The minimum Gasteiger partial charge on any atom is -0.376 e. The van der Waals surface area contributed by atoms with E-state index in [2.05, 4.69) is 10.3 Å². The highest BCUT2D eigenvalue weighted by Crippen LogP contribution is 2.43. The zero-order valence-electron chi connectivity index (χ0n) is 13.7. The van der Waals surface area contributed by atoms with Crippen LogP contribution in [-0.4, -0.2) is 4.98 Å². The molecule has 0 aliphatic carbocycles. The molecule has 2 aromatic carbocycles. The molecule has 0 saturated carbocycles. The molecule has 0 spiro atoms. The number of fused-ring (bicyclic) bond motifs is 2. The number of hydrogen-bond acceptors (Lipinski definition) is 2. The van der Waals surface area contributed by atoms with Crippen LogP contribution in [0, 0.1) is 6.92 Å². The standard InChI is InChI=1S/C20H17ClF2N2/c1-12-6-7-16-13(10-12)15(21)11-19(24-16)18-8-9-20(22,23)14-4-2-3-5-17(14)25-18/h2-7,10-11,18,25H,8-9H2,1H3. The Hall–Kier alpha value is -2.20. The lowest BCUT2D eigenvalue weighted by Gasteiger charge is -2.18. The van der Waals surface area contributed by atoms with Crippen molar-refractivity contribution >= 4 is 28.2 Å². The first-order valence-electron chi connectivity index (χ1n) is 8.25. The van der Waals surface area contributed by atoms with Gasteiger partial charge >= 0.3 is 0 Å². The van der Waals surface area contributed by atoms with Crippen molar-refractivity contribution in [3.05, 3.63) is 70.4 Å². The second-order valence-corrected chi connectivity index (χ2v) is 6.94. The Bertz CT molecular complexity index is 956. The molecule has 4 rings (SSSR count). The number of nitrogens with one attached hydrogen (secondary N) is 1. The Morgan fingerprint density at radius 1 is 1.16 bits per heavy atom. The summed E-state index contributed by atoms with van der Waals surface area (Å²) in [6.45, 7) is 2.00. The van der Waals surface area contributed by atoms with Crippen LogP contribution in [-0.2, 0) is 5.92 Å². The van der Waals surface area contributed by atoms with Gasteiger partial charge in [0.25, 0.3) is 5.92 Å². The number of alkyl halides is 2. The van der Waals surface area contributed by atoms with Crippen molar-refractivity contribution in [2.75, 3.05) is 5.32 Å². The van der Waals surface area contributed by atoms with Gasteiger partial charge in [-0.3, -0.25) is 4.98 Å². The van der Waals surface area contributed by atoms with Gasteiger partial charge in [-0.05, 0) is 37.6 Å². The largest absolute Gasteiger partial charge is 0.376 e. The molecule has 1 aliphatic rings. The van der Waals surface area contributed by atoms with Crippen molar-refractivity contribution in [2.45, 2.75) is 31.7 Å². The third kappa shape index (κ3) is 2.95. The van der Waals surface area contributed by atoms with Crippen LogP contribution in [0.3, 0.4) is 0 Å². The summed E-state index contributed by atoms with van der Waals surface area (Å²) in [4.78, 5) is 4.67. The quantitative estimate of drug-likeness (QED) is 0.557. The van der Waals surface area contributed by atoms with Gasteiger partial charge in [-0.2, -0.15) is 0 Å². The molecule has 3 aromatic rings. The fourth-order valence-electron chi connectivity index (χ4n) is 3.37. The molecule has 0 bridgehead atoms. The maximum absolute atomic E-state index is 14.4. The Morgan fingerprint density at radius 3 is 2.80 bits per heavy atom. The molecule has 128 valence electrons. The molecule has 1 aromatic heterocycles. The number of para-hydroxylation sites is 1. The second-order valence-electron chi connectivity index (χ2n) is 6.54. The molecule has 1 unspecified atom stereocenters. The maximum atomic E-state index is 14.4. The smallest absolute Gasteiger partial charge is 0.275 e. The third-order valence-electron chi connectivity index (χ3n) is 4.69. The van der Waals surface area contributed by atoms with Crippen molar-refractivity contribution < 1.29 is 8.78 Å². The van der Waals surface area contributed by atoms with Crippen LogP contribution in [0.25, 0.3) is 10.9 Å². The van der Waals surface area contributed by atoms with Crippen LogP contribution in [0.4, 0.5) is 14.5 Å². The van der Waals surface area contributed by atoms with Gasteiger partial charge < -0.3 is 5.32 Å². The zero-order chi connectivity index (χ0) is 17.6. The lowest BCUT2D eigenvalue weighted by atomic mass is 10.0. The maximum Gasteiger partial charge on any atom is 0.275 e. The van der Waals surface area contributed by atoms with Gasteiger partial charge in [0, 0.05) is 23.1 Å². The number of nitrogens with zero attached hydrogens (tertiary/aromatic N) is 1. The molecule has 2 nitrogen and oxygen atoms in total. The van der Waals surface area contributed by atoms with Gasteiger partial charge in [-0.25, -0.2) is 8.78 Å².